The Bertz CT molecular complexity index is 3260. The molecule has 6 nitrogen and oxygen atoms in total. The summed E-state index contributed by atoms with van der Waals surface area (Å²) in [5.74, 6) is 1.30. The smallest absolute Gasteiger partial charge is 0.120 e. The number of pyridine rings is 1. The van der Waals surface area contributed by atoms with E-state index in [0.717, 1.165) is 72.1 Å². The number of imidazole rings is 1. The molecule has 0 spiro atoms. The van der Waals surface area contributed by atoms with E-state index in [0.29, 0.717) is 5.56 Å². The molecule has 0 saturated heterocycles. The fourth-order valence-corrected chi connectivity index (χ4v) is 9.64. The molecule has 0 amide bonds. The van der Waals surface area contributed by atoms with Crippen LogP contribution in [0.3, 0.4) is 0 Å². The van der Waals surface area contributed by atoms with Crippen molar-refractivity contribution in [2.45, 2.75) is 65.5 Å². The van der Waals surface area contributed by atoms with E-state index in [1.54, 1.807) is 6.20 Å². The van der Waals surface area contributed by atoms with Crippen LogP contribution in [0, 0.1) is 12.1 Å². The third kappa shape index (κ3) is 8.91. The van der Waals surface area contributed by atoms with Crippen LogP contribution < -0.4 is 5.19 Å². The number of rotatable bonds is 9. The van der Waals surface area contributed by atoms with Gasteiger partial charge in [-0.3, -0.25) is 4.98 Å². The monoisotopic (exact) mass is 1030 g/mol. The Kier molecular flexibility index (Phi) is 12.2. The molecule has 0 aliphatic heterocycles. The standard InChI is InChI=1S/C35H29N4O.C21H22NSi.Ir/c1-21(2)28-17-24(23-11-6-5-7-12-23)18-29(22(3)4)33(28)39-31-20-37-36-19-30(31)38-35(39)27-15-10-14-26-25-13-8-9-16-32(25)40-34(26)27;1-23(2,3)21-16-22-20(18-12-8-5-9-13-18)15-19(21)14-17-10-6-4-7-11-17;/h5-14,16-22H,1-4H3;4-12,15-16H,14H2,1-3H3;/q2*-1;/i;14D2;. The molecule has 1 radical (unpaired) electrons. The fourth-order valence-electron chi connectivity index (χ4n) is 8.24. The predicted octanol–water partition coefficient (Wildman–Crippen LogP) is 13.8. The van der Waals surface area contributed by atoms with Crippen molar-refractivity contribution in [3.8, 4) is 39.5 Å². The first-order valence-electron chi connectivity index (χ1n) is 22.6. The largest absolute Gasteiger partial charge is 0.501 e. The summed E-state index contributed by atoms with van der Waals surface area (Å²) >= 11 is 0. The number of hydrogen-bond donors (Lipinski definition) is 0. The average molecular weight is 1030 g/mol. The zero-order valence-electron chi connectivity index (χ0n) is 39.1. The van der Waals surface area contributed by atoms with Crippen LogP contribution in [0.2, 0.25) is 19.6 Å². The van der Waals surface area contributed by atoms with Crippen LogP contribution >= 0.6 is 0 Å². The van der Waals surface area contributed by atoms with Crippen molar-refractivity contribution < 1.29 is 27.3 Å². The van der Waals surface area contributed by atoms with E-state index in [9.17, 15) is 0 Å². The van der Waals surface area contributed by atoms with Crippen molar-refractivity contribution in [2.24, 2.45) is 0 Å². The molecular weight excluding hydrogens is 979 g/mol. The van der Waals surface area contributed by atoms with Gasteiger partial charge in [0.05, 0.1) is 42.9 Å². The summed E-state index contributed by atoms with van der Waals surface area (Å²) in [6.07, 6.45) is 3.85. The molecule has 10 rings (SSSR count). The molecule has 0 atom stereocenters. The van der Waals surface area contributed by atoms with E-state index in [4.69, 9.17) is 12.1 Å². The average Bonchev–Trinajstić information content (AvgIpc) is 3.90. The molecule has 0 aliphatic carbocycles. The molecule has 0 fully saturated rings. The molecule has 6 aromatic carbocycles. The molecule has 0 N–H and O–H groups in total. The van der Waals surface area contributed by atoms with Gasteiger partial charge in [-0.25, -0.2) is 0 Å². The van der Waals surface area contributed by atoms with E-state index in [-0.39, 0.29) is 31.9 Å². The summed E-state index contributed by atoms with van der Waals surface area (Å²) < 4.78 is 26.4. The number of furan rings is 1. The van der Waals surface area contributed by atoms with Crippen LogP contribution in [-0.2, 0) is 26.5 Å². The first-order valence-corrected chi connectivity index (χ1v) is 25.1. The molecule has 8 heteroatoms. The van der Waals surface area contributed by atoms with Crippen molar-refractivity contribution >= 4 is 46.2 Å². The van der Waals surface area contributed by atoms with Crippen LogP contribution in [0.4, 0.5) is 0 Å². The van der Waals surface area contributed by atoms with Crippen molar-refractivity contribution in [1.82, 2.24) is 24.7 Å². The molecule has 64 heavy (non-hydrogen) atoms. The third-order valence-electron chi connectivity index (χ3n) is 11.4. The zero-order chi connectivity index (χ0) is 45.5. The summed E-state index contributed by atoms with van der Waals surface area (Å²) in [6, 6.07) is 53.1. The molecule has 4 aromatic heterocycles. The van der Waals surface area contributed by atoms with Gasteiger partial charge in [0.15, 0.2) is 0 Å². The van der Waals surface area contributed by atoms with E-state index in [1.807, 2.05) is 97.3 Å². The topological polar surface area (TPSA) is 69.6 Å². The van der Waals surface area contributed by atoms with E-state index in [2.05, 4.69) is 134 Å². The Morgan fingerprint density at radius 2 is 1.36 bits per heavy atom. The van der Waals surface area contributed by atoms with Gasteiger partial charge in [0.25, 0.3) is 0 Å². The predicted molar refractivity (Wildman–Crippen MR) is 263 cm³/mol. The summed E-state index contributed by atoms with van der Waals surface area (Å²) in [5, 5.41) is 11.6. The van der Waals surface area contributed by atoms with Crippen LogP contribution in [0.15, 0.2) is 163 Å². The van der Waals surface area contributed by atoms with Gasteiger partial charge >= 0.3 is 0 Å². The van der Waals surface area contributed by atoms with E-state index >= 15 is 0 Å². The van der Waals surface area contributed by atoms with Crippen LogP contribution in [0.5, 0.6) is 0 Å². The molecule has 10 aromatic rings. The molecule has 0 unspecified atom stereocenters. The minimum Gasteiger partial charge on any atom is -0.501 e. The number of benzene rings is 6. The molecule has 0 bridgehead atoms. The number of fused-ring (bicyclic) bond motifs is 4. The summed E-state index contributed by atoms with van der Waals surface area (Å²) in [7, 11) is -1.76. The van der Waals surface area contributed by atoms with E-state index in [1.165, 1.54) is 22.3 Å². The fraction of sp³-hybridized carbons (Fsp3) is 0.179. The number of nitrogens with zero attached hydrogens (tertiary/aromatic N) is 5. The normalized spacial score (nSPS) is 12.3. The second-order valence-electron chi connectivity index (χ2n) is 17.5. The van der Waals surface area contributed by atoms with Crippen molar-refractivity contribution in [3.05, 3.63) is 193 Å². The second kappa shape index (κ2) is 18.8. The quantitative estimate of drug-likeness (QED) is 0.106. The minimum absolute atomic E-state index is 0. The first-order chi connectivity index (χ1) is 31.3. The summed E-state index contributed by atoms with van der Waals surface area (Å²) in [5.41, 5.74) is 13.2. The third-order valence-corrected chi connectivity index (χ3v) is 13.4. The molecule has 0 saturated carbocycles. The maximum Gasteiger partial charge on any atom is 0.120 e. The Labute approximate surface area is 393 Å². The Balaban J connectivity index is 0.000000197. The Morgan fingerprint density at radius 1 is 0.688 bits per heavy atom. The van der Waals surface area contributed by atoms with Gasteiger partial charge in [0.1, 0.15) is 5.58 Å². The van der Waals surface area contributed by atoms with Gasteiger partial charge < -0.3 is 14.0 Å². The van der Waals surface area contributed by atoms with Crippen molar-refractivity contribution in [2.75, 3.05) is 0 Å². The van der Waals surface area contributed by atoms with Gasteiger partial charge in [-0.15, -0.1) is 54.1 Å². The molecule has 321 valence electrons. The van der Waals surface area contributed by atoms with Gasteiger partial charge in [-0.05, 0) is 75.1 Å². The van der Waals surface area contributed by atoms with Gasteiger partial charge in [0.2, 0.25) is 0 Å². The van der Waals surface area contributed by atoms with Gasteiger partial charge in [-0.2, -0.15) is 10.2 Å². The van der Waals surface area contributed by atoms with Gasteiger partial charge in [0, 0.05) is 40.1 Å². The summed E-state index contributed by atoms with van der Waals surface area (Å²) in [6.45, 7) is 15.7. The van der Waals surface area contributed by atoms with Crippen LogP contribution in [0.1, 0.15) is 64.5 Å². The molecular formula is C56H51IrN5OSi-2. The minimum atomic E-state index is -1.76. The van der Waals surface area contributed by atoms with Crippen molar-refractivity contribution in [1.29, 1.82) is 0 Å². The van der Waals surface area contributed by atoms with E-state index < -0.39 is 14.4 Å². The maximum atomic E-state index is 8.84. The zero-order valence-corrected chi connectivity index (χ0v) is 40.5. The SMILES string of the molecule is CC(C)c1cc(-c2ccccc2)cc(C(C)C)c1-n1c(-c2[c-]ccc3c2oc2ccccc23)nc2cnncc21.[2H]C([2H])(c1ccccc1)c1cc(-c2[c-]cccc2)ncc1[Si](C)(C)C.[Ir]. The first kappa shape index (κ1) is 41.7. The maximum absolute atomic E-state index is 8.84. The number of aromatic nitrogens is 5. The Morgan fingerprint density at radius 3 is 2.05 bits per heavy atom. The number of para-hydroxylation sites is 1. The second-order valence-corrected chi connectivity index (χ2v) is 22.6. The van der Waals surface area contributed by atoms with Crippen LogP contribution in [-0.4, -0.2) is 32.8 Å². The van der Waals surface area contributed by atoms with Crippen molar-refractivity contribution in [3.63, 3.8) is 0 Å². The van der Waals surface area contributed by atoms with Crippen LogP contribution in [0.25, 0.3) is 72.4 Å². The molecule has 0 aliphatic rings. The number of hydrogen-bond acceptors (Lipinski definition) is 5. The molecule has 4 heterocycles. The summed E-state index contributed by atoms with van der Waals surface area (Å²) in [4.78, 5) is 9.75. The Hall–Kier alpha value is -6.31. The van der Waals surface area contributed by atoms with Gasteiger partial charge in [-0.1, -0.05) is 149 Å².